The van der Waals surface area contributed by atoms with Gasteiger partial charge in [-0.2, -0.15) is 0 Å². The van der Waals surface area contributed by atoms with Crippen molar-refractivity contribution in [1.82, 2.24) is 0 Å². The molecule has 0 saturated carbocycles. The van der Waals surface area contributed by atoms with Crippen LogP contribution in [0, 0.1) is 0 Å². The van der Waals surface area contributed by atoms with Crippen LogP contribution < -0.4 is 0 Å². The maximum Gasteiger partial charge on any atom is 0.0417 e. The second-order valence-electron chi connectivity index (χ2n) is 3.08. The van der Waals surface area contributed by atoms with Crippen molar-refractivity contribution in [3.05, 3.63) is 58.6 Å². The Bertz CT molecular complexity index is 440. The predicted molar refractivity (Wildman–Crippen MR) is 74.6 cm³/mol. The summed E-state index contributed by atoms with van der Waals surface area (Å²) >= 11 is 11.8. The molecule has 0 radical (unpaired) electrons. The van der Waals surface area contributed by atoms with Crippen molar-refractivity contribution in [1.29, 1.82) is 0 Å². The Labute approximate surface area is 113 Å². The molecule has 0 nitrogen and oxygen atoms in total. The van der Waals surface area contributed by atoms with Crippen LogP contribution in [0.2, 0.25) is 10.0 Å². The molecular weight excluding hydrogens is 279 g/mol. The lowest BCUT2D eigenvalue weighted by atomic mass is 10.4. The summed E-state index contributed by atoms with van der Waals surface area (Å²) in [6.07, 6.45) is 0. The lowest BCUT2D eigenvalue weighted by molar-refractivity contribution is 1.47. The fraction of sp³-hybridized carbons (Fsp3) is 0. The van der Waals surface area contributed by atoms with Crippen molar-refractivity contribution in [3.63, 3.8) is 0 Å². The third-order valence-electron chi connectivity index (χ3n) is 1.83. The van der Waals surface area contributed by atoms with Gasteiger partial charge in [0.15, 0.2) is 0 Å². The minimum Gasteiger partial charge on any atom is -0.0843 e. The lowest BCUT2D eigenvalue weighted by Gasteiger charge is -2.01. The van der Waals surface area contributed by atoms with Crippen molar-refractivity contribution >= 4 is 44.8 Å². The summed E-state index contributed by atoms with van der Waals surface area (Å²) in [7, 11) is 3.34. The van der Waals surface area contributed by atoms with Gasteiger partial charge in [-0.15, -0.1) is 0 Å². The van der Waals surface area contributed by atoms with E-state index >= 15 is 0 Å². The normalized spacial score (nSPS) is 10.4. The van der Waals surface area contributed by atoms with Gasteiger partial charge < -0.3 is 0 Å². The van der Waals surface area contributed by atoms with Crippen LogP contribution in [0.15, 0.2) is 58.3 Å². The fourth-order valence-electron chi connectivity index (χ4n) is 1.13. The van der Waals surface area contributed by atoms with Gasteiger partial charge in [0.05, 0.1) is 0 Å². The highest BCUT2D eigenvalue weighted by molar-refractivity contribution is 8.76. The first kappa shape index (κ1) is 12.2. The molecule has 0 atom stereocenters. The summed E-state index contributed by atoms with van der Waals surface area (Å²) in [6, 6.07) is 15.6. The smallest absolute Gasteiger partial charge is 0.0417 e. The van der Waals surface area contributed by atoms with Crippen LogP contribution in [0.3, 0.4) is 0 Å². The van der Waals surface area contributed by atoms with E-state index < -0.39 is 0 Å². The molecule has 0 aliphatic heterocycles. The highest BCUT2D eigenvalue weighted by atomic mass is 35.5. The minimum absolute atomic E-state index is 0.761. The predicted octanol–water partition coefficient (Wildman–Crippen LogP) is 5.79. The van der Waals surface area contributed by atoms with E-state index in [1.165, 1.54) is 0 Å². The highest BCUT2D eigenvalue weighted by Gasteiger charge is 1.99. The Morgan fingerprint density at radius 1 is 0.688 bits per heavy atom. The molecule has 2 aromatic rings. The molecule has 0 N–H and O–H groups in total. The van der Waals surface area contributed by atoms with Gasteiger partial charge in [-0.1, -0.05) is 56.9 Å². The number of halogens is 2. The van der Waals surface area contributed by atoms with Gasteiger partial charge in [0.1, 0.15) is 0 Å². The Morgan fingerprint density at radius 3 is 1.50 bits per heavy atom. The van der Waals surface area contributed by atoms with Gasteiger partial charge >= 0.3 is 0 Å². The van der Waals surface area contributed by atoms with Gasteiger partial charge in [0.2, 0.25) is 0 Å². The van der Waals surface area contributed by atoms with E-state index in [4.69, 9.17) is 23.2 Å². The van der Waals surface area contributed by atoms with Gasteiger partial charge in [-0.25, -0.2) is 0 Å². The Hall–Kier alpha value is -0.280. The van der Waals surface area contributed by atoms with Gasteiger partial charge in [-0.05, 0) is 36.4 Å². The second kappa shape index (κ2) is 5.87. The summed E-state index contributed by atoms with van der Waals surface area (Å²) in [5.41, 5.74) is 0. The van der Waals surface area contributed by atoms with E-state index in [1.54, 1.807) is 21.6 Å². The molecule has 4 heteroatoms. The molecule has 2 rings (SSSR count). The van der Waals surface area contributed by atoms with Crippen molar-refractivity contribution in [2.24, 2.45) is 0 Å². The van der Waals surface area contributed by atoms with Crippen LogP contribution in [-0.2, 0) is 0 Å². The zero-order chi connectivity index (χ0) is 11.4. The van der Waals surface area contributed by atoms with Gasteiger partial charge in [0, 0.05) is 19.8 Å². The average Bonchev–Trinajstić information content (AvgIpc) is 2.27. The maximum atomic E-state index is 5.91. The summed E-state index contributed by atoms with van der Waals surface area (Å²) < 4.78 is 0. The van der Waals surface area contributed by atoms with E-state index in [1.807, 2.05) is 48.5 Å². The summed E-state index contributed by atoms with van der Waals surface area (Å²) in [4.78, 5) is 2.27. The van der Waals surface area contributed by atoms with E-state index in [2.05, 4.69) is 0 Å². The zero-order valence-electron chi connectivity index (χ0n) is 8.19. The van der Waals surface area contributed by atoms with Crippen molar-refractivity contribution in [2.45, 2.75) is 9.79 Å². The van der Waals surface area contributed by atoms with E-state index in [-0.39, 0.29) is 0 Å². The molecule has 0 unspecified atom stereocenters. The Morgan fingerprint density at radius 2 is 1.12 bits per heavy atom. The topological polar surface area (TPSA) is 0 Å². The maximum absolute atomic E-state index is 5.91. The number of hydrogen-bond acceptors (Lipinski definition) is 2. The SMILES string of the molecule is Clc1cccc(SSc2cccc(Cl)c2)c1. The van der Waals surface area contributed by atoms with Gasteiger partial charge in [0.25, 0.3) is 0 Å². The third kappa shape index (κ3) is 3.63. The zero-order valence-corrected chi connectivity index (χ0v) is 11.3. The first-order chi connectivity index (χ1) is 7.74. The molecule has 0 amide bonds. The highest BCUT2D eigenvalue weighted by Crippen LogP contribution is 2.38. The first-order valence-corrected chi connectivity index (χ1v) is 7.50. The standard InChI is InChI=1S/C12H8Cl2S2/c13-9-3-1-5-11(7-9)15-16-12-6-2-4-10(14)8-12/h1-8H. The van der Waals surface area contributed by atoms with Crippen LogP contribution in [0.1, 0.15) is 0 Å². The Kier molecular flexibility index (Phi) is 4.47. The van der Waals surface area contributed by atoms with Crippen LogP contribution in [0.4, 0.5) is 0 Å². The molecule has 0 bridgehead atoms. The molecule has 2 aromatic carbocycles. The molecule has 0 spiro atoms. The molecule has 16 heavy (non-hydrogen) atoms. The fourth-order valence-corrected chi connectivity index (χ4v) is 3.65. The summed E-state index contributed by atoms with van der Waals surface area (Å²) in [6.45, 7) is 0. The van der Waals surface area contributed by atoms with E-state index in [0.717, 1.165) is 19.8 Å². The molecule has 0 aliphatic rings. The molecule has 0 heterocycles. The molecular formula is C12H8Cl2S2. The molecule has 0 aliphatic carbocycles. The monoisotopic (exact) mass is 286 g/mol. The van der Waals surface area contributed by atoms with Crippen LogP contribution in [-0.4, -0.2) is 0 Å². The molecule has 0 saturated heterocycles. The van der Waals surface area contributed by atoms with Crippen LogP contribution in [0.25, 0.3) is 0 Å². The number of rotatable bonds is 3. The first-order valence-electron chi connectivity index (χ1n) is 4.60. The van der Waals surface area contributed by atoms with Crippen molar-refractivity contribution in [2.75, 3.05) is 0 Å². The second-order valence-corrected chi connectivity index (χ2v) is 6.23. The van der Waals surface area contributed by atoms with E-state index in [0.29, 0.717) is 0 Å². The number of benzene rings is 2. The van der Waals surface area contributed by atoms with E-state index in [9.17, 15) is 0 Å². The Balaban J connectivity index is 2.02. The third-order valence-corrected chi connectivity index (χ3v) is 4.68. The minimum atomic E-state index is 0.761. The quantitative estimate of drug-likeness (QED) is 0.655. The largest absolute Gasteiger partial charge is 0.0843 e. The van der Waals surface area contributed by atoms with Crippen molar-refractivity contribution in [3.8, 4) is 0 Å². The molecule has 0 fully saturated rings. The lowest BCUT2D eigenvalue weighted by Crippen LogP contribution is -1.70. The van der Waals surface area contributed by atoms with Crippen LogP contribution in [0.5, 0.6) is 0 Å². The average molecular weight is 287 g/mol. The summed E-state index contributed by atoms with van der Waals surface area (Å²) in [5, 5.41) is 1.52. The van der Waals surface area contributed by atoms with Gasteiger partial charge in [-0.3, -0.25) is 0 Å². The molecule has 0 aromatic heterocycles. The van der Waals surface area contributed by atoms with Crippen LogP contribution >= 0.6 is 44.8 Å². The molecule has 82 valence electrons. The number of hydrogen-bond donors (Lipinski definition) is 0. The van der Waals surface area contributed by atoms with Crippen molar-refractivity contribution < 1.29 is 0 Å². The summed E-state index contributed by atoms with van der Waals surface area (Å²) in [5.74, 6) is 0.